The highest BCUT2D eigenvalue weighted by Crippen LogP contribution is 2.42. The van der Waals surface area contributed by atoms with Crippen LogP contribution < -0.4 is 0 Å². The van der Waals surface area contributed by atoms with Crippen LogP contribution in [0.15, 0.2) is 59.4 Å². The van der Waals surface area contributed by atoms with Gasteiger partial charge in [0.05, 0.1) is 39.6 Å². The molecule has 1 fully saturated rings. The molecule has 0 unspecified atom stereocenters. The highest BCUT2D eigenvalue weighted by atomic mass is 16.5. The third-order valence-corrected chi connectivity index (χ3v) is 7.65. The maximum absolute atomic E-state index is 10.9. The van der Waals surface area contributed by atoms with Crippen molar-refractivity contribution in [2.75, 3.05) is 13.2 Å². The molecule has 1 aliphatic heterocycles. The molecule has 1 aliphatic rings. The summed E-state index contributed by atoms with van der Waals surface area (Å²) in [5.41, 5.74) is 6.71. The first-order chi connectivity index (χ1) is 17.8. The van der Waals surface area contributed by atoms with Crippen LogP contribution in [-0.4, -0.2) is 38.0 Å². The van der Waals surface area contributed by atoms with Crippen LogP contribution in [0.1, 0.15) is 55.4 Å². The number of benzene rings is 1. The molecule has 190 valence electrons. The molecular formula is C30H32N4O3. The first kappa shape index (κ1) is 23.8. The molecule has 1 aromatic carbocycles. The van der Waals surface area contributed by atoms with E-state index in [1.165, 1.54) is 0 Å². The van der Waals surface area contributed by atoms with Crippen molar-refractivity contribution in [1.82, 2.24) is 19.7 Å². The first-order valence-electron chi connectivity index (χ1n) is 12.9. The number of nitrogens with zero attached hydrogens (tertiary/aromatic N) is 4. The van der Waals surface area contributed by atoms with E-state index in [4.69, 9.17) is 19.2 Å². The molecule has 1 atom stereocenters. The maximum atomic E-state index is 10.9. The van der Waals surface area contributed by atoms with Gasteiger partial charge in [-0.2, -0.15) is 0 Å². The van der Waals surface area contributed by atoms with Gasteiger partial charge in [-0.25, -0.2) is 0 Å². The number of aryl methyl sites for hydroxylation is 2. The van der Waals surface area contributed by atoms with Crippen molar-refractivity contribution in [2.45, 2.75) is 52.2 Å². The van der Waals surface area contributed by atoms with Crippen molar-refractivity contribution >= 4 is 21.9 Å². The van der Waals surface area contributed by atoms with Crippen molar-refractivity contribution in [3.05, 3.63) is 77.6 Å². The second-order valence-electron chi connectivity index (χ2n) is 10.6. The largest absolute Gasteiger partial charge is 0.386 e. The van der Waals surface area contributed by atoms with Crippen LogP contribution in [0.5, 0.6) is 0 Å². The Labute approximate surface area is 216 Å². The molecule has 1 saturated heterocycles. The van der Waals surface area contributed by atoms with Gasteiger partial charge in [-0.05, 0) is 76.3 Å². The zero-order valence-corrected chi connectivity index (χ0v) is 21.7. The second-order valence-corrected chi connectivity index (χ2v) is 10.6. The smallest absolute Gasteiger partial charge is 0.141 e. The lowest BCUT2D eigenvalue weighted by molar-refractivity contribution is 0.0547. The Balaban J connectivity index is 1.69. The third kappa shape index (κ3) is 4.12. The van der Waals surface area contributed by atoms with Crippen molar-refractivity contribution < 1.29 is 14.4 Å². The molecule has 6 rings (SSSR count). The Bertz CT molecular complexity index is 1550. The van der Waals surface area contributed by atoms with E-state index in [1.807, 2.05) is 52.2 Å². The average molecular weight is 497 g/mol. The van der Waals surface area contributed by atoms with E-state index < -0.39 is 5.60 Å². The van der Waals surface area contributed by atoms with Gasteiger partial charge in [0.1, 0.15) is 5.76 Å². The fourth-order valence-electron chi connectivity index (χ4n) is 5.78. The van der Waals surface area contributed by atoms with Crippen LogP contribution in [0.4, 0.5) is 0 Å². The summed E-state index contributed by atoms with van der Waals surface area (Å²) >= 11 is 0. The monoisotopic (exact) mass is 496 g/mol. The van der Waals surface area contributed by atoms with Crippen molar-refractivity contribution in [1.29, 1.82) is 0 Å². The molecule has 0 spiro atoms. The topological polar surface area (TPSA) is 86.2 Å². The zero-order valence-electron chi connectivity index (χ0n) is 21.7. The Morgan fingerprint density at radius 2 is 1.84 bits per heavy atom. The molecule has 0 bridgehead atoms. The lowest BCUT2D eigenvalue weighted by atomic mass is 9.88. The van der Waals surface area contributed by atoms with E-state index >= 15 is 0 Å². The van der Waals surface area contributed by atoms with E-state index in [0.29, 0.717) is 5.92 Å². The van der Waals surface area contributed by atoms with Crippen LogP contribution in [0.3, 0.4) is 0 Å². The van der Waals surface area contributed by atoms with E-state index in [0.717, 1.165) is 81.8 Å². The molecular weight excluding hydrogens is 464 g/mol. The molecule has 0 aliphatic carbocycles. The second kappa shape index (κ2) is 9.08. The summed E-state index contributed by atoms with van der Waals surface area (Å²) in [6.07, 6.45) is 5.67. The highest BCUT2D eigenvalue weighted by Gasteiger charge is 2.32. The zero-order chi connectivity index (χ0) is 25.7. The fraction of sp³-hybridized carbons (Fsp3) is 0.367. The number of hydrogen-bond donors (Lipinski definition) is 1. The number of hydrogen-bond acceptors (Lipinski definition) is 6. The molecule has 0 amide bonds. The Hall–Kier alpha value is -3.55. The minimum Gasteiger partial charge on any atom is -0.386 e. The lowest BCUT2D eigenvalue weighted by Gasteiger charge is -2.32. The van der Waals surface area contributed by atoms with Gasteiger partial charge in [0.15, 0.2) is 0 Å². The summed E-state index contributed by atoms with van der Waals surface area (Å²) in [7, 11) is 0. The van der Waals surface area contributed by atoms with Gasteiger partial charge in [0, 0.05) is 42.1 Å². The van der Waals surface area contributed by atoms with E-state index in [1.54, 1.807) is 0 Å². The van der Waals surface area contributed by atoms with Gasteiger partial charge in [-0.15, -0.1) is 0 Å². The third-order valence-electron chi connectivity index (χ3n) is 7.65. The quantitative estimate of drug-likeness (QED) is 0.316. The molecule has 0 radical (unpaired) electrons. The summed E-state index contributed by atoms with van der Waals surface area (Å²) in [5.74, 6) is 1.12. The minimum atomic E-state index is -0.968. The maximum Gasteiger partial charge on any atom is 0.141 e. The lowest BCUT2D eigenvalue weighted by Crippen LogP contribution is -2.27. The normalized spacial score (nSPS) is 16.0. The Morgan fingerprint density at radius 3 is 2.51 bits per heavy atom. The summed E-state index contributed by atoms with van der Waals surface area (Å²) in [5, 5.41) is 16.1. The molecule has 0 saturated carbocycles. The van der Waals surface area contributed by atoms with Crippen molar-refractivity contribution in [2.24, 2.45) is 5.92 Å². The summed E-state index contributed by atoms with van der Waals surface area (Å²) in [4.78, 5) is 9.82. The molecule has 4 aromatic heterocycles. The Kier molecular flexibility index (Phi) is 5.85. The molecule has 5 heterocycles. The number of aromatic nitrogens is 4. The van der Waals surface area contributed by atoms with Gasteiger partial charge in [-0.3, -0.25) is 9.97 Å². The average Bonchev–Trinajstić information content (AvgIpc) is 3.40. The van der Waals surface area contributed by atoms with Crippen LogP contribution in [0, 0.1) is 19.8 Å². The molecule has 37 heavy (non-hydrogen) atoms. The van der Waals surface area contributed by atoms with Gasteiger partial charge < -0.3 is 18.9 Å². The standard InChI is InChI=1S/C30H32N4O3/c1-18-27(19(2)37-33-18)21-15-26-28(32-17-21)23-9-8-22(30(3,4)35)16-25(23)34(26)29(20-10-13-36-14-11-20)24-7-5-6-12-31-24/h5-9,12,15-17,20,29,35H,10-11,13-14H2,1-4H3/t29-/m0/s1. The van der Waals surface area contributed by atoms with Gasteiger partial charge in [0.2, 0.25) is 0 Å². The number of fused-ring (bicyclic) bond motifs is 3. The predicted molar refractivity (Wildman–Crippen MR) is 143 cm³/mol. The van der Waals surface area contributed by atoms with E-state index in [9.17, 15) is 5.11 Å². The SMILES string of the molecule is Cc1noc(C)c1-c1cnc2c3ccc(C(C)(C)O)cc3n([C@H](c3ccccn3)C3CCOCC3)c2c1. The van der Waals surface area contributed by atoms with Crippen LogP contribution in [-0.2, 0) is 10.3 Å². The van der Waals surface area contributed by atoms with Crippen LogP contribution >= 0.6 is 0 Å². The molecule has 5 aromatic rings. The number of rotatable bonds is 5. The van der Waals surface area contributed by atoms with Gasteiger partial charge in [0.25, 0.3) is 0 Å². The summed E-state index contributed by atoms with van der Waals surface area (Å²) in [6.45, 7) is 9.02. The van der Waals surface area contributed by atoms with E-state index in [2.05, 4.69) is 40.1 Å². The van der Waals surface area contributed by atoms with Crippen LogP contribution in [0.2, 0.25) is 0 Å². The van der Waals surface area contributed by atoms with Gasteiger partial charge in [-0.1, -0.05) is 23.4 Å². The van der Waals surface area contributed by atoms with Crippen molar-refractivity contribution in [3.63, 3.8) is 0 Å². The first-order valence-corrected chi connectivity index (χ1v) is 12.9. The molecule has 7 heteroatoms. The molecule has 1 N–H and O–H groups in total. The van der Waals surface area contributed by atoms with Crippen LogP contribution in [0.25, 0.3) is 33.1 Å². The number of pyridine rings is 2. The predicted octanol–water partition coefficient (Wildman–Crippen LogP) is 6.10. The molecule has 7 nitrogen and oxygen atoms in total. The summed E-state index contributed by atoms with van der Waals surface area (Å²) in [6, 6.07) is 14.5. The summed E-state index contributed by atoms with van der Waals surface area (Å²) < 4.78 is 13.6. The number of aliphatic hydroxyl groups is 1. The minimum absolute atomic E-state index is 0.0103. The van der Waals surface area contributed by atoms with Gasteiger partial charge >= 0.3 is 0 Å². The highest BCUT2D eigenvalue weighted by molar-refractivity contribution is 6.07. The fourth-order valence-corrected chi connectivity index (χ4v) is 5.78. The Morgan fingerprint density at radius 1 is 1.03 bits per heavy atom. The van der Waals surface area contributed by atoms with Crippen molar-refractivity contribution in [3.8, 4) is 11.1 Å². The number of ether oxygens (including phenoxy) is 1. The van der Waals surface area contributed by atoms with E-state index in [-0.39, 0.29) is 6.04 Å².